The van der Waals surface area contributed by atoms with E-state index in [0.29, 0.717) is 11.9 Å². The molecule has 0 aliphatic heterocycles. The third kappa shape index (κ3) is 3.51. The summed E-state index contributed by atoms with van der Waals surface area (Å²) < 4.78 is 13.9. The largest absolute Gasteiger partial charge is 0.363 e. The lowest BCUT2D eigenvalue weighted by Gasteiger charge is -2.18. The zero-order valence-corrected chi connectivity index (χ0v) is 14.2. The van der Waals surface area contributed by atoms with Crippen LogP contribution in [0.25, 0.3) is 10.9 Å². The molecule has 2 aromatic heterocycles. The van der Waals surface area contributed by atoms with Gasteiger partial charge in [0.25, 0.3) is 0 Å². The summed E-state index contributed by atoms with van der Waals surface area (Å²) in [5, 5.41) is 0.570. The summed E-state index contributed by atoms with van der Waals surface area (Å²) in [6.07, 6.45) is 3.60. The Morgan fingerprint density at radius 3 is 2.50 bits per heavy atom. The predicted octanol–water partition coefficient (Wildman–Crippen LogP) is 3.47. The highest BCUT2D eigenvalue weighted by atomic mass is 19.1. The molecule has 0 atom stereocenters. The molecule has 1 aromatic carbocycles. The molecule has 0 unspecified atom stereocenters. The first kappa shape index (κ1) is 16.3. The molecule has 0 saturated carbocycles. The minimum absolute atomic E-state index is 0.229. The molecule has 0 N–H and O–H groups in total. The van der Waals surface area contributed by atoms with Gasteiger partial charge in [0.2, 0.25) is 0 Å². The Balaban J connectivity index is 1.75. The summed E-state index contributed by atoms with van der Waals surface area (Å²) in [7, 11) is 5.99. The molecule has 5 heteroatoms. The van der Waals surface area contributed by atoms with Gasteiger partial charge in [-0.25, -0.2) is 9.37 Å². The van der Waals surface area contributed by atoms with E-state index in [-0.39, 0.29) is 5.82 Å². The third-order valence-electron chi connectivity index (χ3n) is 3.96. The normalized spacial score (nSPS) is 11.2. The van der Waals surface area contributed by atoms with E-state index in [1.165, 1.54) is 6.07 Å². The number of fused-ring (bicyclic) bond motifs is 1. The molecule has 0 amide bonds. The van der Waals surface area contributed by atoms with Gasteiger partial charge in [0.05, 0.1) is 5.52 Å². The molecular weight excluding hydrogens is 303 g/mol. The lowest BCUT2D eigenvalue weighted by atomic mass is 10.1. The Kier molecular flexibility index (Phi) is 4.71. The quantitative estimate of drug-likeness (QED) is 0.719. The van der Waals surface area contributed by atoms with Gasteiger partial charge in [-0.05, 0) is 42.4 Å². The lowest BCUT2D eigenvalue weighted by Crippen LogP contribution is -2.18. The zero-order chi connectivity index (χ0) is 17.1. The molecule has 3 aromatic rings. The summed E-state index contributed by atoms with van der Waals surface area (Å²) >= 11 is 0. The van der Waals surface area contributed by atoms with Crippen molar-refractivity contribution >= 4 is 16.7 Å². The van der Waals surface area contributed by atoms with E-state index < -0.39 is 0 Å². The number of hydrogen-bond donors (Lipinski definition) is 0. The molecule has 24 heavy (non-hydrogen) atoms. The van der Waals surface area contributed by atoms with Crippen LogP contribution in [0, 0.1) is 5.82 Å². The smallest absolute Gasteiger partial charge is 0.132 e. The highest BCUT2D eigenvalue weighted by molar-refractivity contribution is 5.82. The first-order valence-electron chi connectivity index (χ1n) is 7.87. The molecule has 3 rings (SSSR count). The van der Waals surface area contributed by atoms with E-state index in [1.807, 2.05) is 44.4 Å². The molecule has 4 nitrogen and oxygen atoms in total. The van der Waals surface area contributed by atoms with Crippen LogP contribution in [-0.2, 0) is 13.1 Å². The Morgan fingerprint density at radius 2 is 1.79 bits per heavy atom. The van der Waals surface area contributed by atoms with Crippen molar-refractivity contribution in [2.75, 3.05) is 26.0 Å². The van der Waals surface area contributed by atoms with Gasteiger partial charge in [-0.3, -0.25) is 9.88 Å². The fraction of sp³-hybridized carbons (Fsp3) is 0.263. The summed E-state index contributed by atoms with van der Waals surface area (Å²) in [4.78, 5) is 12.9. The molecular formula is C19H21FN4. The second-order valence-corrected chi connectivity index (χ2v) is 6.20. The maximum atomic E-state index is 13.9. The third-order valence-corrected chi connectivity index (χ3v) is 3.96. The number of aromatic nitrogens is 2. The Morgan fingerprint density at radius 1 is 0.958 bits per heavy atom. The summed E-state index contributed by atoms with van der Waals surface area (Å²) in [5.41, 5.74) is 2.89. The van der Waals surface area contributed by atoms with Crippen molar-refractivity contribution in [3.8, 4) is 0 Å². The van der Waals surface area contributed by atoms with E-state index >= 15 is 0 Å². The van der Waals surface area contributed by atoms with Gasteiger partial charge < -0.3 is 4.90 Å². The highest BCUT2D eigenvalue weighted by Crippen LogP contribution is 2.21. The van der Waals surface area contributed by atoms with Crippen LogP contribution in [0.4, 0.5) is 10.2 Å². The van der Waals surface area contributed by atoms with Crippen LogP contribution in [0.3, 0.4) is 0 Å². The Hall–Kier alpha value is -2.53. The van der Waals surface area contributed by atoms with Crippen LogP contribution in [0.1, 0.15) is 11.1 Å². The van der Waals surface area contributed by atoms with Crippen molar-refractivity contribution < 1.29 is 4.39 Å². The van der Waals surface area contributed by atoms with Gasteiger partial charge in [0, 0.05) is 45.0 Å². The maximum absolute atomic E-state index is 13.9. The van der Waals surface area contributed by atoms with Gasteiger partial charge in [-0.2, -0.15) is 0 Å². The number of rotatable bonds is 5. The molecule has 0 fully saturated rings. The molecule has 2 heterocycles. The van der Waals surface area contributed by atoms with Crippen molar-refractivity contribution in [2.45, 2.75) is 13.1 Å². The van der Waals surface area contributed by atoms with E-state index in [0.717, 1.165) is 29.0 Å². The first-order chi connectivity index (χ1) is 11.5. The molecule has 0 bridgehead atoms. The SMILES string of the molecule is CN(Cc1ccc(N(C)C)nc1)Cc1ccc(F)c2cccnc12. The van der Waals surface area contributed by atoms with Gasteiger partial charge in [0.1, 0.15) is 11.6 Å². The average molecular weight is 324 g/mol. The minimum atomic E-state index is -0.229. The van der Waals surface area contributed by atoms with Crippen molar-refractivity contribution in [2.24, 2.45) is 0 Å². The summed E-state index contributed by atoms with van der Waals surface area (Å²) in [6.45, 7) is 1.47. The molecule has 0 spiro atoms. The van der Waals surface area contributed by atoms with Crippen LogP contribution in [-0.4, -0.2) is 36.0 Å². The number of anilines is 1. The lowest BCUT2D eigenvalue weighted by molar-refractivity contribution is 0.319. The van der Waals surface area contributed by atoms with Gasteiger partial charge in [-0.1, -0.05) is 12.1 Å². The maximum Gasteiger partial charge on any atom is 0.132 e. The van der Waals surface area contributed by atoms with Crippen molar-refractivity contribution in [3.05, 3.63) is 65.7 Å². The van der Waals surface area contributed by atoms with Crippen LogP contribution in [0.5, 0.6) is 0 Å². The standard InChI is InChI=1S/C19H21FN4/c1-23(2)18-9-6-14(11-22-18)12-24(3)13-15-7-8-17(20)16-5-4-10-21-19(15)16/h4-11H,12-13H2,1-3H3. The topological polar surface area (TPSA) is 32.3 Å². The molecule has 0 radical (unpaired) electrons. The fourth-order valence-electron chi connectivity index (χ4n) is 2.76. The van der Waals surface area contributed by atoms with Crippen LogP contribution >= 0.6 is 0 Å². The van der Waals surface area contributed by atoms with Crippen LogP contribution < -0.4 is 4.90 Å². The molecule has 0 aliphatic rings. The number of halogens is 1. The van der Waals surface area contributed by atoms with Crippen LogP contribution in [0.2, 0.25) is 0 Å². The van der Waals surface area contributed by atoms with E-state index in [2.05, 4.69) is 20.9 Å². The first-order valence-corrected chi connectivity index (χ1v) is 7.87. The second-order valence-electron chi connectivity index (χ2n) is 6.20. The molecule has 124 valence electrons. The van der Waals surface area contributed by atoms with Crippen LogP contribution in [0.15, 0.2) is 48.8 Å². The number of nitrogens with zero attached hydrogens (tertiary/aromatic N) is 4. The predicted molar refractivity (Wildman–Crippen MR) is 95.4 cm³/mol. The Bertz CT molecular complexity index is 830. The number of hydrogen-bond acceptors (Lipinski definition) is 4. The fourth-order valence-corrected chi connectivity index (χ4v) is 2.76. The van der Waals surface area contributed by atoms with Crippen molar-refractivity contribution in [1.29, 1.82) is 0 Å². The minimum Gasteiger partial charge on any atom is -0.363 e. The number of benzene rings is 1. The highest BCUT2D eigenvalue weighted by Gasteiger charge is 2.09. The van der Waals surface area contributed by atoms with E-state index in [4.69, 9.17) is 0 Å². The van der Waals surface area contributed by atoms with E-state index in [1.54, 1.807) is 18.3 Å². The van der Waals surface area contributed by atoms with Gasteiger partial charge >= 0.3 is 0 Å². The monoisotopic (exact) mass is 324 g/mol. The summed E-state index contributed by atoms with van der Waals surface area (Å²) in [6, 6.07) is 11.0. The van der Waals surface area contributed by atoms with Crippen molar-refractivity contribution in [1.82, 2.24) is 14.9 Å². The van der Waals surface area contributed by atoms with E-state index in [9.17, 15) is 4.39 Å². The average Bonchev–Trinajstić information content (AvgIpc) is 2.58. The van der Waals surface area contributed by atoms with Crippen molar-refractivity contribution in [3.63, 3.8) is 0 Å². The second kappa shape index (κ2) is 6.93. The zero-order valence-electron chi connectivity index (χ0n) is 14.2. The molecule has 0 aliphatic carbocycles. The van der Waals surface area contributed by atoms with Gasteiger partial charge in [-0.15, -0.1) is 0 Å². The Labute approximate surface area is 141 Å². The number of pyridine rings is 2. The summed E-state index contributed by atoms with van der Waals surface area (Å²) in [5.74, 6) is 0.711. The molecule has 0 saturated heterocycles. The van der Waals surface area contributed by atoms with Gasteiger partial charge in [0.15, 0.2) is 0 Å².